The van der Waals surface area contributed by atoms with Gasteiger partial charge < -0.3 is 14.8 Å². The third-order valence-electron chi connectivity index (χ3n) is 2.82. The summed E-state index contributed by atoms with van der Waals surface area (Å²) in [7, 11) is 0. The zero-order valence-electron chi connectivity index (χ0n) is 12.5. The highest BCUT2D eigenvalue weighted by Crippen LogP contribution is 2.26. The molecule has 1 heterocycles. The number of nitrogens with one attached hydrogen (secondary N) is 1. The molecule has 0 saturated heterocycles. The summed E-state index contributed by atoms with van der Waals surface area (Å²) < 4.78 is 10.8. The molecule has 0 atom stereocenters. The van der Waals surface area contributed by atoms with Crippen LogP contribution in [-0.2, 0) is 4.79 Å². The van der Waals surface area contributed by atoms with Gasteiger partial charge in [0, 0.05) is 12.3 Å². The first-order valence-electron chi connectivity index (χ1n) is 7.05. The van der Waals surface area contributed by atoms with E-state index in [-0.39, 0.29) is 18.9 Å². The summed E-state index contributed by atoms with van der Waals surface area (Å²) in [6, 6.07) is 8.40. The van der Waals surface area contributed by atoms with Crippen molar-refractivity contribution in [3.63, 3.8) is 0 Å². The summed E-state index contributed by atoms with van der Waals surface area (Å²) >= 11 is 11.7. The van der Waals surface area contributed by atoms with Crippen LogP contribution >= 0.6 is 23.2 Å². The maximum Gasteiger partial charge on any atom is 0.237 e. The van der Waals surface area contributed by atoms with Crippen LogP contribution in [0.2, 0.25) is 10.0 Å². The highest BCUT2D eigenvalue weighted by Gasteiger charge is 2.09. The molecule has 7 heteroatoms. The van der Waals surface area contributed by atoms with Crippen molar-refractivity contribution >= 4 is 34.8 Å². The lowest BCUT2D eigenvalue weighted by Gasteiger charge is -2.10. The van der Waals surface area contributed by atoms with Crippen molar-refractivity contribution in [1.29, 1.82) is 0 Å². The fourth-order valence-electron chi connectivity index (χ4n) is 1.78. The first-order valence-corrected chi connectivity index (χ1v) is 7.81. The molecule has 5 nitrogen and oxygen atoms in total. The standard InChI is InChI=1S/C16H16Cl2N2O3/c1-2-22-16-14(4-3-8-19-16)20-15(21)7-9-23-11-5-6-12(17)13(18)10-11/h3-6,8,10H,2,7,9H2,1H3,(H,20,21). The molecular formula is C16H16Cl2N2O3. The van der Waals surface area contributed by atoms with Crippen molar-refractivity contribution in [2.45, 2.75) is 13.3 Å². The third-order valence-corrected chi connectivity index (χ3v) is 3.55. The molecule has 0 fully saturated rings. The number of ether oxygens (including phenoxy) is 2. The fourth-order valence-corrected chi connectivity index (χ4v) is 2.07. The minimum absolute atomic E-state index is 0.181. The lowest BCUT2D eigenvalue weighted by molar-refractivity contribution is -0.116. The molecule has 0 unspecified atom stereocenters. The van der Waals surface area contributed by atoms with Gasteiger partial charge in [-0.05, 0) is 31.2 Å². The van der Waals surface area contributed by atoms with E-state index < -0.39 is 0 Å². The Labute approximate surface area is 144 Å². The summed E-state index contributed by atoms with van der Waals surface area (Å²) in [4.78, 5) is 16.0. The van der Waals surface area contributed by atoms with E-state index in [1.54, 1.807) is 36.5 Å². The summed E-state index contributed by atoms with van der Waals surface area (Å²) in [5, 5.41) is 3.61. The zero-order valence-corrected chi connectivity index (χ0v) is 14.0. The predicted molar refractivity (Wildman–Crippen MR) is 90.6 cm³/mol. The largest absolute Gasteiger partial charge is 0.493 e. The van der Waals surface area contributed by atoms with Gasteiger partial charge in [0.25, 0.3) is 0 Å². The number of rotatable bonds is 7. The smallest absolute Gasteiger partial charge is 0.237 e. The highest BCUT2D eigenvalue weighted by molar-refractivity contribution is 6.42. The van der Waals surface area contributed by atoms with Crippen LogP contribution in [0.3, 0.4) is 0 Å². The maximum absolute atomic E-state index is 12.0. The van der Waals surface area contributed by atoms with E-state index in [2.05, 4.69) is 10.3 Å². The van der Waals surface area contributed by atoms with Crippen LogP contribution in [0.1, 0.15) is 13.3 Å². The van der Waals surface area contributed by atoms with Crippen molar-refractivity contribution in [3.8, 4) is 11.6 Å². The van der Waals surface area contributed by atoms with Crippen molar-refractivity contribution in [2.75, 3.05) is 18.5 Å². The number of carbonyl (C=O) groups is 1. The van der Waals surface area contributed by atoms with Crippen LogP contribution in [0.15, 0.2) is 36.5 Å². The maximum atomic E-state index is 12.0. The molecule has 0 spiro atoms. The Morgan fingerprint density at radius 2 is 2.04 bits per heavy atom. The first kappa shape index (κ1) is 17.4. The van der Waals surface area contributed by atoms with Crippen LogP contribution in [0.5, 0.6) is 11.6 Å². The van der Waals surface area contributed by atoms with E-state index in [1.165, 1.54) is 0 Å². The molecule has 0 bridgehead atoms. The zero-order chi connectivity index (χ0) is 16.7. The predicted octanol–water partition coefficient (Wildman–Crippen LogP) is 4.19. The second-order valence-electron chi connectivity index (χ2n) is 4.51. The summed E-state index contributed by atoms with van der Waals surface area (Å²) in [5.74, 6) is 0.761. The molecule has 122 valence electrons. The molecule has 0 saturated carbocycles. The summed E-state index contributed by atoms with van der Waals surface area (Å²) in [6.07, 6.45) is 1.79. The number of anilines is 1. The lowest BCUT2D eigenvalue weighted by Crippen LogP contribution is -2.16. The van der Waals surface area contributed by atoms with Crippen molar-refractivity contribution in [1.82, 2.24) is 4.98 Å². The SMILES string of the molecule is CCOc1ncccc1NC(=O)CCOc1ccc(Cl)c(Cl)c1. The topological polar surface area (TPSA) is 60.5 Å². The quantitative estimate of drug-likeness (QED) is 0.809. The Balaban J connectivity index is 1.84. The number of halogens is 2. The second kappa shape index (κ2) is 8.60. The van der Waals surface area contributed by atoms with Gasteiger partial charge in [0.1, 0.15) is 11.4 Å². The van der Waals surface area contributed by atoms with E-state index >= 15 is 0 Å². The van der Waals surface area contributed by atoms with E-state index in [4.69, 9.17) is 32.7 Å². The molecule has 0 radical (unpaired) electrons. The van der Waals surface area contributed by atoms with Crippen LogP contribution in [-0.4, -0.2) is 24.1 Å². The molecule has 1 N–H and O–H groups in total. The van der Waals surface area contributed by atoms with Crippen LogP contribution in [0.4, 0.5) is 5.69 Å². The molecule has 2 rings (SSSR count). The third kappa shape index (κ3) is 5.30. The number of carbonyl (C=O) groups excluding carboxylic acids is 1. The van der Waals surface area contributed by atoms with Gasteiger partial charge in [-0.15, -0.1) is 0 Å². The Morgan fingerprint density at radius 3 is 2.78 bits per heavy atom. The number of benzene rings is 1. The van der Waals surface area contributed by atoms with Gasteiger partial charge in [0.15, 0.2) is 0 Å². The lowest BCUT2D eigenvalue weighted by atomic mass is 10.3. The Hall–Kier alpha value is -1.98. The molecule has 0 aliphatic rings. The second-order valence-corrected chi connectivity index (χ2v) is 5.33. The summed E-state index contributed by atoms with van der Waals surface area (Å²) in [5.41, 5.74) is 0.536. The van der Waals surface area contributed by atoms with Gasteiger partial charge in [-0.1, -0.05) is 23.2 Å². The van der Waals surface area contributed by atoms with Crippen LogP contribution < -0.4 is 14.8 Å². The van der Waals surface area contributed by atoms with Gasteiger partial charge >= 0.3 is 0 Å². The van der Waals surface area contributed by atoms with E-state index in [9.17, 15) is 4.79 Å². The van der Waals surface area contributed by atoms with Crippen LogP contribution in [0.25, 0.3) is 0 Å². The molecule has 0 aliphatic carbocycles. The van der Waals surface area contributed by atoms with E-state index in [0.29, 0.717) is 34.0 Å². The number of hydrogen-bond donors (Lipinski definition) is 1. The van der Waals surface area contributed by atoms with Crippen molar-refractivity contribution in [2.24, 2.45) is 0 Å². The minimum Gasteiger partial charge on any atom is -0.493 e. The molecule has 1 amide bonds. The van der Waals surface area contributed by atoms with Crippen molar-refractivity contribution < 1.29 is 14.3 Å². The van der Waals surface area contributed by atoms with E-state index in [0.717, 1.165) is 0 Å². The number of hydrogen-bond acceptors (Lipinski definition) is 4. The first-order chi connectivity index (χ1) is 11.1. The number of nitrogens with zero attached hydrogens (tertiary/aromatic N) is 1. The average Bonchev–Trinajstić information content (AvgIpc) is 2.53. The minimum atomic E-state index is -0.195. The van der Waals surface area contributed by atoms with Gasteiger partial charge in [-0.3, -0.25) is 4.79 Å². The number of amides is 1. The molecule has 1 aromatic carbocycles. The summed E-state index contributed by atoms with van der Waals surface area (Å²) in [6.45, 7) is 2.54. The molecule has 0 aliphatic heterocycles. The fraction of sp³-hybridized carbons (Fsp3) is 0.250. The Bertz CT molecular complexity index is 680. The van der Waals surface area contributed by atoms with Gasteiger partial charge in [-0.25, -0.2) is 4.98 Å². The highest BCUT2D eigenvalue weighted by atomic mass is 35.5. The molecular weight excluding hydrogens is 339 g/mol. The van der Waals surface area contributed by atoms with Gasteiger partial charge in [-0.2, -0.15) is 0 Å². The molecule has 2 aromatic rings. The van der Waals surface area contributed by atoms with Crippen molar-refractivity contribution in [3.05, 3.63) is 46.6 Å². The van der Waals surface area contributed by atoms with Gasteiger partial charge in [0.05, 0.1) is 29.7 Å². The Morgan fingerprint density at radius 1 is 1.22 bits per heavy atom. The average molecular weight is 355 g/mol. The Kier molecular flexibility index (Phi) is 6.50. The van der Waals surface area contributed by atoms with Gasteiger partial charge in [0.2, 0.25) is 11.8 Å². The molecule has 23 heavy (non-hydrogen) atoms. The monoisotopic (exact) mass is 354 g/mol. The number of pyridine rings is 1. The normalized spacial score (nSPS) is 10.2. The number of aromatic nitrogens is 1. The van der Waals surface area contributed by atoms with E-state index in [1.807, 2.05) is 6.92 Å². The van der Waals surface area contributed by atoms with Crippen LogP contribution in [0, 0.1) is 0 Å². The molecule has 1 aromatic heterocycles.